The third-order valence-electron chi connectivity index (χ3n) is 2.17. The molecular weight excluding hydrogens is 282 g/mol. The SMILES string of the molecule is COc1ccc(SSSCc2ccccn2)cc1. The van der Waals surface area contributed by atoms with Gasteiger partial charge in [0.2, 0.25) is 0 Å². The number of ether oxygens (including phenoxy) is 1. The van der Waals surface area contributed by atoms with E-state index in [4.69, 9.17) is 4.74 Å². The summed E-state index contributed by atoms with van der Waals surface area (Å²) in [5, 5.41) is 0. The average Bonchev–Trinajstić information content (AvgIpc) is 2.45. The molecule has 0 amide bonds. The van der Waals surface area contributed by atoms with Crippen molar-refractivity contribution in [2.24, 2.45) is 0 Å². The number of hydrogen-bond acceptors (Lipinski definition) is 5. The summed E-state index contributed by atoms with van der Waals surface area (Å²) < 4.78 is 5.12. The highest BCUT2D eigenvalue weighted by Crippen LogP contribution is 2.41. The zero-order valence-corrected chi connectivity index (χ0v) is 12.4. The lowest BCUT2D eigenvalue weighted by atomic mass is 10.3. The maximum atomic E-state index is 5.12. The second-order valence-corrected chi connectivity index (χ2v) is 7.55. The van der Waals surface area contributed by atoms with Gasteiger partial charge in [-0.05, 0) is 57.0 Å². The highest BCUT2D eigenvalue weighted by atomic mass is 33.5. The van der Waals surface area contributed by atoms with Gasteiger partial charge in [0, 0.05) is 16.8 Å². The molecule has 1 heterocycles. The Morgan fingerprint density at radius 3 is 2.61 bits per heavy atom. The van der Waals surface area contributed by atoms with E-state index in [2.05, 4.69) is 17.1 Å². The third kappa shape index (κ3) is 4.48. The Morgan fingerprint density at radius 2 is 1.94 bits per heavy atom. The van der Waals surface area contributed by atoms with Gasteiger partial charge in [0.05, 0.1) is 12.8 Å². The van der Waals surface area contributed by atoms with E-state index in [0.717, 1.165) is 17.2 Å². The summed E-state index contributed by atoms with van der Waals surface area (Å²) in [5.41, 5.74) is 1.12. The van der Waals surface area contributed by atoms with Gasteiger partial charge in [0.15, 0.2) is 0 Å². The molecule has 2 nitrogen and oxygen atoms in total. The molecule has 0 atom stereocenters. The van der Waals surface area contributed by atoms with Crippen LogP contribution in [0.3, 0.4) is 0 Å². The van der Waals surface area contributed by atoms with E-state index in [9.17, 15) is 0 Å². The normalized spacial score (nSPS) is 10.3. The van der Waals surface area contributed by atoms with E-state index in [0.29, 0.717) is 0 Å². The summed E-state index contributed by atoms with van der Waals surface area (Å²) in [5.74, 6) is 1.82. The van der Waals surface area contributed by atoms with Gasteiger partial charge >= 0.3 is 0 Å². The van der Waals surface area contributed by atoms with Crippen LogP contribution in [-0.4, -0.2) is 12.1 Å². The predicted octanol–water partition coefficient (Wildman–Crippen LogP) is 4.68. The van der Waals surface area contributed by atoms with Gasteiger partial charge in [-0.3, -0.25) is 4.98 Å². The van der Waals surface area contributed by atoms with Crippen LogP contribution in [0, 0.1) is 0 Å². The van der Waals surface area contributed by atoms with Crippen LogP contribution in [-0.2, 0) is 5.75 Å². The maximum absolute atomic E-state index is 5.12. The van der Waals surface area contributed by atoms with Crippen molar-refractivity contribution in [2.45, 2.75) is 10.6 Å². The van der Waals surface area contributed by atoms with Crippen LogP contribution in [0.25, 0.3) is 0 Å². The molecule has 0 aliphatic rings. The Bertz CT molecular complexity index is 461. The second kappa shape index (κ2) is 7.61. The summed E-state index contributed by atoms with van der Waals surface area (Å²) in [6, 6.07) is 14.1. The van der Waals surface area contributed by atoms with E-state index in [-0.39, 0.29) is 0 Å². The molecule has 18 heavy (non-hydrogen) atoms. The lowest BCUT2D eigenvalue weighted by Gasteiger charge is -2.02. The monoisotopic (exact) mass is 295 g/mol. The van der Waals surface area contributed by atoms with Gasteiger partial charge in [-0.1, -0.05) is 16.9 Å². The number of methoxy groups -OCH3 is 1. The number of hydrogen-bond donors (Lipinski definition) is 0. The topological polar surface area (TPSA) is 22.1 Å². The Balaban J connectivity index is 1.72. The first-order valence-corrected chi connectivity index (χ1v) is 9.04. The number of rotatable bonds is 6. The third-order valence-corrected chi connectivity index (χ3v) is 6.12. The average molecular weight is 295 g/mol. The van der Waals surface area contributed by atoms with Crippen molar-refractivity contribution in [3.8, 4) is 5.75 Å². The molecule has 5 heteroatoms. The van der Waals surface area contributed by atoms with Crippen molar-refractivity contribution in [1.29, 1.82) is 0 Å². The molecule has 0 saturated heterocycles. The highest BCUT2D eigenvalue weighted by molar-refractivity contribution is 9.09. The van der Waals surface area contributed by atoms with Gasteiger partial charge in [-0.15, -0.1) is 0 Å². The van der Waals surface area contributed by atoms with Crippen LogP contribution < -0.4 is 4.74 Å². The summed E-state index contributed by atoms with van der Waals surface area (Å²) in [7, 11) is 7.00. The van der Waals surface area contributed by atoms with Crippen LogP contribution in [0.2, 0.25) is 0 Å². The van der Waals surface area contributed by atoms with E-state index >= 15 is 0 Å². The number of nitrogens with zero attached hydrogens (tertiary/aromatic N) is 1. The van der Waals surface area contributed by atoms with Crippen molar-refractivity contribution < 1.29 is 4.74 Å². The predicted molar refractivity (Wildman–Crippen MR) is 82.0 cm³/mol. The van der Waals surface area contributed by atoms with Crippen LogP contribution >= 0.6 is 31.4 Å². The summed E-state index contributed by atoms with van der Waals surface area (Å²) in [4.78, 5) is 5.52. The van der Waals surface area contributed by atoms with E-state index < -0.39 is 0 Å². The van der Waals surface area contributed by atoms with E-state index in [1.807, 2.05) is 36.5 Å². The van der Waals surface area contributed by atoms with Crippen LogP contribution in [0.5, 0.6) is 5.75 Å². The summed E-state index contributed by atoms with van der Waals surface area (Å²) in [6.45, 7) is 0. The summed E-state index contributed by atoms with van der Waals surface area (Å²) >= 11 is 0. The van der Waals surface area contributed by atoms with Gasteiger partial charge in [-0.2, -0.15) is 0 Å². The Morgan fingerprint density at radius 1 is 1.11 bits per heavy atom. The first-order chi connectivity index (χ1) is 8.88. The smallest absolute Gasteiger partial charge is 0.118 e. The van der Waals surface area contributed by atoms with Crippen LogP contribution in [0.4, 0.5) is 0 Å². The fourth-order valence-corrected chi connectivity index (χ4v) is 4.77. The highest BCUT2D eigenvalue weighted by Gasteiger charge is 1.98. The molecular formula is C13H13NOS3. The molecule has 0 radical (unpaired) electrons. The lowest BCUT2D eigenvalue weighted by molar-refractivity contribution is 0.414. The standard InChI is InChI=1S/C13H13NOS3/c1-15-12-5-7-13(8-6-12)17-18-16-10-11-4-2-3-9-14-11/h2-9H,10H2,1H3. The molecule has 0 spiro atoms. The second-order valence-electron chi connectivity index (χ2n) is 3.41. The Hall–Kier alpha value is -0.780. The minimum Gasteiger partial charge on any atom is -0.497 e. The number of benzene rings is 1. The molecule has 1 aromatic carbocycles. The van der Waals surface area contributed by atoms with Gasteiger partial charge < -0.3 is 4.74 Å². The largest absolute Gasteiger partial charge is 0.497 e. The fourth-order valence-electron chi connectivity index (χ4n) is 1.26. The lowest BCUT2D eigenvalue weighted by Crippen LogP contribution is -1.82. The van der Waals surface area contributed by atoms with E-state index in [1.165, 1.54) is 4.90 Å². The molecule has 0 unspecified atom stereocenters. The molecule has 0 N–H and O–H groups in total. The first-order valence-electron chi connectivity index (χ1n) is 5.38. The minimum atomic E-state index is 0.894. The summed E-state index contributed by atoms with van der Waals surface area (Å²) in [6.07, 6.45) is 1.83. The Kier molecular flexibility index (Phi) is 5.77. The van der Waals surface area contributed by atoms with Crippen molar-refractivity contribution >= 4 is 31.4 Å². The fraction of sp³-hybridized carbons (Fsp3) is 0.154. The van der Waals surface area contributed by atoms with Crippen molar-refractivity contribution in [2.75, 3.05) is 7.11 Å². The van der Waals surface area contributed by atoms with E-state index in [1.54, 1.807) is 38.5 Å². The molecule has 2 aromatic rings. The molecule has 2 rings (SSSR count). The van der Waals surface area contributed by atoms with Crippen LogP contribution in [0.15, 0.2) is 53.6 Å². The molecule has 94 valence electrons. The zero-order chi connectivity index (χ0) is 12.6. The van der Waals surface area contributed by atoms with Crippen molar-refractivity contribution in [3.63, 3.8) is 0 Å². The molecule has 1 aromatic heterocycles. The van der Waals surface area contributed by atoms with Gasteiger partial charge in [-0.25, -0.2) is 0 Å². The van der Waals surface area contributed by atoms with Crippen molar-refractivity contribution in [1.82, 2.24) is 4.98 Å². The molecule has 0 fully saturated rings. The molecule has 0 bridgehead atoms. The van der Waals surface area contributed by atoms with Crippen molar-refractivity contribution in [3.05, 3.63) is 54.4 Å². The maximum Gasteiger partial charge on any atom is 0.118 e. The first kappa shape index (κ1) is 13.6. The Labute approximate surface area is 119 Å². The quantitative estimate of drug-likeness (QED) is 0.568. The number of pyridine rings is 1. The number of aromatic nitrogens is 1. The molecule has 0 aliphatic carbocycles. The van der Waals surface area contributed by atoms with Crippen LogP contribution in [0.1, 0.15) is 5.69 Å². The van der Waals surface area contributed by atoms with Gasteiger partial charge in [0.25, 0.3) is 0 Å². The molecule has 0 saturated carbocycles. The van der Waals surface area contributed by atoms with Gasteiger partial charge in [0.1, 0.15) is 5.75 Å². The zero-order valence-electron chi connectivity index (χ0n) is 9.91. The minimum absolute atomic E-state index is 0.894. The molecule has 0 aliphatic heterocycles.